The van der Waals surface area contributed by atoms with E-state index < -0.39 is 0 Å². The molecule has 0 aliphatic carbocycles. The predicted octanol–water partition coefficient (Wildman–Crippen LogP) is 0.0206. The van der Waals surface area contributed by atoms with Crippen molar-refractivity contribution in [1.29, 1.82) is 5.41 Å². The number of nitrogens with one attached hydrogen (secondary N) is 2. The third-order valence-electron chi connectivity index (χ3n) is 1.49. The molecule has 0 aromatic carbocycles. The Balaban J connectivity index is 3.49. The molecule has 0 aliphatic rings. The second-order valence-electron chi connectivity index (χ2n) is 2.58. The first-order valence-electron chi connectivity index (χ1n) is 3.92. The van der Waals surface area contributed by atoms with E-state index in [9.17, 15) is 0 Å². The maximum absolute atomic E-state index is 8.79. The summed E-state index contributed by atoms with van der Waals surface area (Å²) in [6.45, 7) is 2.13. The molecule has 0 fully saturated rings. The van der Waals surface area contributed by atoms with E-state index in [-0.39, 0.29) is 18.6 Å². The molecule has 0 amide bonds. The Bertz CT molecular complexity index is 116. The number of hydrogen-bond acceptors (Lipinski definition) is 2. The highest BCUT2D eigenvalue weighted by Crippen LogP contribution is 1.98. The van der Waals surface area contributed by atoms with Gasteiger partial charge < -0.3 is 16.2 Å². The molecule has 5 N–H and O–H groups in total. The number of guanidine groups is 1. The largest absolute Gasteiger partial charge is 0.394 e. The van der Waals surface area contributed by atoms with E-state index in [1.165, 1.54) is 0 Å². The smallest absolute Gasteiger partial charge is 0.186 e. The van der Waals surface area contributed by atoms with Crippen LogP contribution in [0, 0.1) is 5.41 Å². The SMILES string of the molecule is CCCCC(CO)NC(=N)N. The lowest BCUT2D eigenvalue weighted by Crippen LogP contribution is -2.41. The van der Waals surface area contributed by atoms with Crippen LogP contribution in [0.3, 0.4) is 0 Å². The number of unbranched alkanes of at least 4 members (excludes halogenated alkanes) is 1. The van der Waals surface area contributed by atoms with E-state index in [1.54, 1.807) is 0 Å². The molecule has 11 heavy (non-hydrogen) atoms. The summed E-state index contributed by atoms with van der Waals surface area (Å²) in [4.78, 5) is 0. The van der Waals surface area contributed by atoms with Gasteiger partial charge in [-0.1, -0.05) is 19.8 Å². The highest BCUT2D eigenvalue weighted by molar-refractivity contribution is 5.74. The lowest BCUT2D eigenvalue weighted by Gasteiger charge is -2.14. The molecular formula is C7H17N3O. The molecule has 0 rings (SSSR count). The van der Waals surface area contributed by atoms with Crippen molar-refractivity contribution in [3.63, 3.8) is 0 Å². The van der Waals surface area contributed by atoms with Crippen molar-refractivity contribution in [2.45, 2.75) is 32.2 Å². The fraction of sp³-hybridized carbons (Fsp3) is 0.857. The summed E-state index contributed by atoms with van der Waals surface area (Å²) in [5, 5.41) is 18.4. The van der Waals surface area contributed by atoms with Gasteiger partial charge in [0.25, 0.3) is 0 Å². The number of nitrogens with two attached hydrogens (primary N) is 1. The molecule has 0 aromatic rings. The Morgan fingerprint density at radius 3 is 2.73 bits per heavy atom. The summed E-state index contributed by atoms with van der Waals surface area (Å²) in [5.41, 5.74) is 5.10. The molecule has 4 heteroatoms. The van der Waals surface area contributed by atoms with Gasteiger partial charge in [0.1, 0.15) is 0 Å². The first kappa shape index (κ1) is 10.2. The van der Waals surface area contributed by atoms with Crippen molar-refractivity contribution in [1.82, 2.24) is 5.32 Å². The average molecular weight is 159 g/mol. The minimum absolute atomic E-state index is 0.0412. The monoisotopic (exact) mass is 159 g/mol. The average Bonchev–Trinajstić information content (AvgIpc) is 1.97. The first-order chi connectivity index (χ1) is 5.20. The third kappa shape index (κ3) is 5.66. The van der Waals surface area contributed by atoms with Gasteiger partial charge in [-0.25, -0.2) is 0 Å². The van der Waals surface area contributed by atoms with Crippen LogP contribution in [0.4, 0.5) is 0 Å². The number of aliphatic hydroxyl groups excluding tert-OH is 1. The van der Waals surface area contributed by atoms with E-state index in [1.807, 2.05) is 0 Å². The highest BCUT2D eigenvalue weighted by atomic mass is 16.3. The van der Waals surface area contributed by atoms with Crippen LogP contribution in [-0.2, 0) is 0 Å². The highest BCUT2D eigenvalue weighted by Gasteiger charge is 2.05. The van der Waals surface area contributed by atoms with E-state index in [2.05, 4.69) is 12.2 Å². The molecule has 0 spiro atoms. The van der Waals surface area contributed by atoms with Crippen LogP contribution in [0.1, 0.15) is 26.2 Å². The van der Waals surface area contributed by atoms with E-state index >= 15 is 0 Å². The zero-order valence-electron chi connectivity index (χ0n) is 6.93. The predicted molar refractivity (Wildman–Crippen MR) is 45.4 cm³/mol. The summed E-state index contributed by atoms with van der Waals surface area (Å²) >= 11 is 0. The lowest BCUT2D eigenvalue weighted by atomic mass is 10.1. The van der Waals surface area contributed by atoms with Crippen LogP contribution >= 0.6 is 0 Å². The number of aliphatic hydroxyl groups is 1. The standard InChI is InChI=1S/C7H17N3O/c1-2-3-4-6(5-11)10-7(8)9/h6,11H,2-5H2,1H3,(H4,8,9,10). The third-order valence-corrected chi connectivity index (χ3v) is 1.49. The maximum Gasteiger partial charge on any atom is 0.186 e. The molecule has 0 saturated carbocycles. The minimum atomic E-state index is -0.0693. The Kier molecular flexibility index (Phi) is 5.56. The van der Waals surface area contributed by atoms with Crippen molar-refractivity contribution in [2.24, 2.45) is 5.73 Å². The molecule has 0 bridgehead atoms. The second-order valence-corrected chi connectivity index (χ2v) is 2.58. The van der Waals surface area contributed by atoms with Gasteiger partial charge in [0.2, 0.25) is 0 Å². The lowest BCUT2D eigenvalue weighted by molar-refractivity contribution is 0.247. The molecule has 0 radical (unpaired) electrons. The maximum atomic E-state index is 8.79. The normalized spacial score (nSPS) is 12.5. The summed E-state index contributed by atoms with van der Waals surface area (Å²) in [7, 11) is 0. The van der Waals surface area contributed by atoms with Crippen molar-refractivity contribution in [2.75, 3.05) is 6.61 Å². The quantitative estimate of drug-likeness (QED) is 0.337. The van der Waals surface area contributed by atoms with Gasteiger partial charge in [-0.3, -0.25) is 5.41 Å². The van der Waals surface area contributed by atoms with Gasteiger partial charge in [0.15, 0.2) is 5.96 Å². The molecule has 66 valence electrons. The van der Waals surface area contributed by atoms with Gasteiger partial charge in [0, 0.05) is 0 Å². The van der Waals surface area contributed by atoms with Crippen LogP contribution in [0.25, 0.3) is 0 Å². The molecule has 0 saturated heterocycles. The summed E-state index contributed by atoms with van der Waals surface area (Å²) < 4.78 is 0. The number of rotatable bonds is 5. The van der Waals surface area contributed by atoms with E-state index in [0.29, 0.717) is 0 Å². The molecule has 1 atom stereocenters. The van der Waals surface area contributed by atoms with E-state index in [0.717, 1.165) is 19.3 Å². The van der Waals surface area contributed by atoms with Crippen LogP contribution in [0.15, 0.2) is 0 Å². The summed E-state index contributed by atoms with van der Waals surface area (Å²) in [6, 6.07) is -0.0487. The second kappa shape index (κ2) is 5.97. The molecule has 0 aliphatic heterocycles. The minimum Gasteiger partial charge on any atom is -0.394 e. The zero-order valence-corrected chi connectivity index (χ0v) is 6.93. The van der Waals surface area contributed by atoms with Crippen molar-refractivity contribution >= 4 is 5.96 Å². The Morgan fingerprint density at radius 1 is 1.73 bits per heavy atom. The van der Waals surface area contributed by atoms with Crippen LogP contribution in [0.2, 0.25) is 0 Å². The molecule has 0 aromatic heterocycles. The van der Waals surface area contributed by atoms with Crippen LogP contribution in [-0.4, -0.2) is 23.7 Å². The van der Waals surface area contributed by atoms with Crippen molar-refractivity contribution in [3.05, 3.63) is 0 Å². The van der Waals surface area contributed by atoms with Crippen molar-refractivity contribution < 1.29 is 5.11 Å². The number of hydrogen-bond donors (Lipinski definition) is 4. The van der Waals surface area contributed by atoms with Crippen LogP contribution in [0.5, 0.6) is 0 Å². The molecule has 1 unspecified atom stereocenters. The van der Waals surface area contributed by atoms with E-state index in [4.69, 9.17) is 16.2 Å². The Hall–Kier alpha value is -0.770. The van der Waals surface area contributed by atoms with Gasteiger partial charge in [-0.2, -0.15) is 0 Å². The first-order valence-corrected chi connectivity index (χ1v) is 3.92. The van der Waals surface area contributed by atoms with Crippen molar-refractivity contribution in [3.8, 4) is 0 Å². The topological polar surface area (TPSA) is 82.1 Å². The fourth-order valence-electron chi connectivity index (χ4n) is 0.880. The van der Waals surface area contributed by atoms with Gasteiger partial charge in [-0.05, 0) is 6.42 Å². The van der Waals surface area contributed by atoms with Crippen LogP contribution < -0.4 is 11.1 Å². The molecule has 4 nitrogen and oxygen atoms in total. The molecular weight excluding hydrogens is 142 g/mol. The van der Waals surface area contributed by atoms with Gasteiger partial charge >= 0.3 is 0 Å². The van der Waals surface area contributed by atoms with Gasteiger partial charge in [0.05, 0.1) is 12.6 Å². The summed E-state index contributed by atoms with van der Waals surface area (Å²) in [6.07, 6.45) is 3.01. The van der Waals surface area contributed by atoms with Gasteiger partial charge in [-0.15, -0.1) is 0 Å². The Labute approximate surface area is 67.3 Å². The summed E-state index contributed by atoms with van der Waals surface area (Å²) in [5.74, 6) is -0.0693. The molecule has 0 heterocycles. The Morgan fingerprint density at radius 2 is 2.36 bits per heavy atom. The fourth-order valence-corrected chi connectivity index (χ4v) is 0.880. The zero-order chi connectivity index (χ0) is 8.69.